The van der Waals surface area contributed by atoms with E-state index in [-0.39, 0.29) is 26.9 Å². The normalized spacial score (nSPS) is 26.4. The molecule has 0 aromatic carbocycles. The first-order chi connectivity index (χ1) is 10.3. The van der Waals surface area contributed by atoms with Crippen LogP contribution in [0.3, 0.4) is 0 Å². The largest absolute Gasteiger partial charge is 0.544 e. The van der Waals surface area contributed by atoms with Gasteiger partial charge < -0.3 is 23.3 Å². The fourth-order valence-corrected chi connectivity index (χ4v) is 2.29. The van der Waals surface area contributed by atoms with E-state index in [1.54, 1.807) is 7.48 Å². The predicted molar refractivity (Wildman–Crippen MR) is 77.2 cm³/mol. The number of aliphatic imine (C=N–C) groups is 1. The Morgan fingerprint density at radius 1 is 1.33 bits per heavy atom. The van der Waals surface area contributed by atoms with Crippen molar-refractivity contribution in [1.29, 1.82) is 0 Å². The van der Waals surface area contributed by atoms with Gasteiger partial charge in [0.2, 0.25) is 0 Å². The lowest BCUT2D eigenvalue weighted by atomic mass is 9.65. The molecule has 0 amide bonds. The summed E-state index contributed by atoms with van der Waals surface area (Å²) in [6, 6.07) is 1.91. The molecule has 1 atom stereocenters. The topological polar surface area (TPSA) is 91.5 Å². The Morgan fingerprint density at radius 3 is 2.67 bits per heavy atom. The third kappa shape index (κ3) is 2.43. The van der Waals surface area contributed by atoms with Crippen molar-refractivity contribution in [1.82, 2.24) is 9.97 Å². The minimum Gasteiger partial charge on any atom is -0.544 e. The molecule has 12 heteroatoms. The molecule has 0 aliphatic carbocycles. The van der Waals surface area contributed by atoms with Crippen LogP contribution in [0.2, 0.25) is 0 Å². The van der Waals surface area contributed by atoms with Gasteiger partial charge in [0.25, 0.3) is 5.95 Å². The molecule has 5 heterocycles. The quantitative estimate of drug-likeness (QED) is 0.495. The summed E-state index contributed by atoms with van der Waals surface area (Å²) >= 11 is 0. The summed E-state index contributed by atoms with van der Waals surface area (Å²) in [5.74, 6) is 1.85. The van der Waals surface area contributed by atoms with Crippen LogP contribution in [0.15, 0.2) is 11.1 Å². The summed E-state index contributed by atoms with van der Waals surface area (Å²) in [7, 11) is 1.82. The Bertz CT molecular complexity index is 624. The molecule has 0 spiro atoms. The van der Waals surface area contributed by atoms with E-state index >= 15 is 0 Å². The molecule has 1 radical (unpaired) electrons. The van der Waals surface area contributed by atoms with Gasteiger partial charge in [-0.15, -0.1) is 0 Å². The van der Waals surface area contributed by atoms with Crippen LogP contribution in [-0.2, 0) is 18.6 Å². The van der Waals surface area contributed by atoms with E-state index in [2.05, 4.69) is 15.0 Å². The molecule has 5 rings (SSSR count). The summed E-state index contributed by atoms with van der Waals surface area (Å²) in [5.41, 5.74) is 0.845. The molecule has 0 N–H and O–H groups in total. The van der Waals surface area contributed by atoms with Crippen molar-refractivity contribution in [2.24, 2.45) is 4.99 Å². The van der Waals surface area contributed by atoms with Crippen LogP contribution < -0.4 is 4.72 Å². The maximum absolute atomic E-state index is 5.36. The fraction of sp³-hybridized carbons (Fsp3) is 0.444. The van der Waals surface area contributed by atoms with Gasteiger partial charge in [0.1, 0.15) is 5.82 Å². The maximum Gasteiger partial charge on any atom is 0.474 e. The van der Waals surface area contributed by atoms with Gasteiger partial charge in [0.15, 0.2) is 5.80 Å². The molecule has 101 valence electrons. The molecule has 21 heavy (non-hydrogen) atoms. The standard InChI is InChI=1S/C9H9B4N4O4/c1-5-2-6(17(11-3-18-11)12-4-19-12)15-9(14-5)16-8-13(21-8)7-10-20-7/h2,7H,3-4H2,1H3. The molecule has 1 aromatic rings. The summed E-state index contributed by atoms with van der Waals surface area (Å²) in [5, 5.41) is 0. The summed E-state index contributed by atoms with van der Waals surface area (Å²) in [6.45, 7) is 3.25. The first-order valence-electron chi connectivity index (χ1n) is 6.89. The Kier molecular flexibility index (Phi) is 2.44. The van der Waals surface area contributed by atoms with E-state index in [9.17, 15) is 0 Å². The fourth-order valence-electron chi connectivity index (χ4n) is 2.29. The summed E-state index contributed by atoms with van der Waals surface area (Å²) < 4.78 is 23.2. The number of nitrogens with zero attached hydrogens (tertiary/aromatic N) is 4. The van der Waals surface area contributed by atoms with Crippen LogP contribution in [0.25, 0.3) is 0 Å². The maximum atomic E-state index is 5.36. The molecule has 4 aliphatic heterocycles. The zero-order valence-corrected chi connectivity index (χ0v) is 11.3. The third-order valence-electron chi connectivity index (χ3n) is 3.58. The van der Waals surface area contributed by atoms with Crippen molar-refractivity contribution < 1.29 is 18.6 Å². The highest BCUT2D eigenvalue weighted by Gasteiger charge is 2.57. The third-order valence-corrected chi connectivity index (χ3v) is 3.58. The van der Waals surface area contributed by atoms with E-state index in [0.717, 1.165) is 11.5 Å². The van der Waals surface area contributed by atoms with Crippen LogP contribution in [-0.4, -0.2) is 63.2 Å². The van der Waals surface area contributed by atoms with Crippen molar-refractivity contribution >= 4 is 46.1 Å². The van der Waals surface area contributed by atoms with Gasteiger partial charge in [-0.2, -0.15) is 9.98 Å². The Morgan fingerprint density at radius 2 is 2.05 bits per heavy atom. The van der Waals surface area contributed by atoms with Gasteiger partial charge in [-0.1, -0.05) is 0 Å². The van der Waals surface area contributed by atoms with Gasteiger partial charge >= 0.3 is 28.5 Å². The van der Waals surface area contributed by atoms with Crippen LogP contribution >= 0.6 is 0 Å². The van der Waals surface area contributed by atoms with Gasteiger partial charge in [0, 0.05) is 5.69 Å². The average molecular weight is 280 g/mol. The number of anilines is 1. The molecule has 0 bridgehead atoms. The molecule has 4 fully saturated rings. The number of hydrogen-bond donors (Lipinski definition) is 0. The minimum atomic E-state index is -0.0628. The first-order valence-corrected chi connectivity index (χ1v) is 6.89. The second kappa shape index (κ2) is 4.25. The number of aromatic nitrogens is 2. The lowest BCUT2D eigenvalue weighted by Gasteiger charge is -2.17. The molecule has 4 saturated heterocycles. The first kappa shape index (κ1) is 12.1. The average Bonchev–Trinajstić information content (AvgIpc) is 3.28. The number of aryl methyl sites for hydroxylation is 1. The predicted octanol–water partition coefficient (Wildman–Crippen LogP) is -1.19. The van der Waals surface area contributed by atoms with E-state index in [0.29, 0.717) is 24.8 Å². The molecule has 1 aromatic heterocycles. The van der Waals surface area contributed by atoms with Gasteiger partial charge in [-0.05, 0) is 13.0 Å². The van der Waals surface area contributed by atoms with Crippen molar-refractivity contribution in [3.8, 4) is 0 Å². The van der Waals surface area contributed by atoms with Gasteiger partial charge in [0.05, 0.1) is 18.9 Å². The van der Waals surface area contributed by atoms with Gasteiger partial charge in [-0.25, -0.2) is 4.98 Å². The Hall–Kier alpha value is -1.51. The lowest BCUT2D eigenvalue weighted by molar-refractivity contribution is 0.513. The lowest BCUT2D eigenvalue weighted by Crippen LogP contribution is -2.37. The minimum absolute atomic E-state index is 0.0456. The molecule has 0 saturated carbocycles. The molecular formula is C9H9B4N4O4. The van der Waals surface area contributed by atoms with Crippen molar-refractivity contribution in [3.63, 3.8) is 0 Å². The van der Waals surface area contributed by atoms with Crippen molar-refractivity contribution in [2.75, 3.05) is 17.7 Å². The molecule has 1 unspecified atom stereocenters. The van der Waals surface area contributed by atoms with Crippen LogP contribution in [0.4, 0.5) is 11.8 Å². The monoisotopic (exact) mass is 281 g/mol. The Labute approximate surface area is 122 Å². The van der Waals surface area contributed by atoms with E-state index in [1.807, 2.05) is 17.7 Å². The van der Waals surface area contributed by atoms with Gasteiger partial charge in [-0.3, -0.25) is 0 Å². The van der Waals surface area contributed by atoms with Crippen LogP contribution in [0.5, 0.6) is 0 Å². The van der Waals surface area contributed by atoms with E-state index in [1.165, 1.54) is 0 Å². The molecule has 8 nitrogen and oxygen atoms in total. The summed E-state index contributed by atoms with van der Waals surface area (Å²) in [6.07, 6.45) is 0. The highest BCUT2D eigenvalue weighted by molar-refractivity contribution is 7.04. The summed E-state index contributed by atoms with van der Waals surface area (Å²) in [4.78, 5) is 13.2. The molecular weight excluding hydrogens is 271 g/mol. The zero-order chi connectivity index (χ0) is 14.0. The zero-order valence-electron chi connectivity index (χ0n) is 11.3. The van der Waals surface area contributed by atoms with E-state index in [4.69, 9.17) is 18.6 Å². The number of hydrogen-bond acceptors (Lipinski definition) is 8. The highest BCUT2D eigenvalue weighted by atomic mass is 16.6. The Balaban J connectivity index is 1.43. The SMILES string of the molecule is Cc1cc(N(B2CO2)B2CO2)nc(N=C2OB2C2[B]O2)n1. The van der Waals surface area contributed by atoms with Crippen molar-refractivity contribution in [3.05, 3.63) is 11.8 Å². The van der Waals surface area contributed by atoms with Crippen LogP contribution in [0.1, 0.15) is 5.69 Å². The van der Waals surface area contributed by atoms with Crippen molar-refractivity contribution in [2.45, 2.75) is 12.8 Å². The van der Waals surface area contributed by atoms with Crippen LogP contribution in [0, 0.1) is 6.92 Å². The second-order valence-electron chi connectivity index (χ2n) is 5.38. The second-order valence-corrected chi connectivity index (χ2v) is 5.38. The highest BCUT2D eigenvalue weighted by Crippen LogP contribution is 2.29. The molecule has 4 aliphatic rings. The van der Waals surface area contributed by atoms with E-state index < -0.39 is 0 Å². The smallest absolute Gasteiger partial charge is 0.474 e. The number of rotatable bonds is 5.